The monoisotopic (exact) mass is 252 g/mol. The summed E-state index contributed by atoms with van der Waals surface area (Å²) >= 11 is 0. The summed E-state index contributed by atoms with van der Waals surface area (Å²) in [6.45, 7) is -0.767. The molecule has 98 valence electrons. The van der Waals surface area contributed by atoms with E-state index in [1.807, 2.05) is 31.1 Å². The molecule has 0 aromatic heterocycles. The fourth-order valence-electron chi connectivity index (χ4n) is 1.39. The van der Waals surface area contributed by atoms with E-state index >= 15 is 0 Å². The SMILES string of the molecule is CN(C)c1ccccc1NC(=O)COCC(=O)O. The Bertz CT molecular complexity index is 432. The van der Waals surface area contributed by atoms with Crippen LogP contribution in [-0.2, 0) is 14.3 Å². The molecule has 0 bridgehead atoms. The van der Waals surface area contributed by atoms with Crippen LogP contribution in [0.5, 0.6) is 0 Å². The summed E-state index contributed by atoms with van der Waals surface area (Å²) in [6, 6.07) is 7.31. The minimum absolute atomic E-state index is 0.284. The highest BCUT2D eigenvalue weighted by Crippen LogP contribution is 2.23. The first-order valence-corrected chi connectivity index (χ1v) is 5.36. The van der Waals surface area contributed by atoms with Crippen LogP contribution >= 0.6 is 0 Å². The van der Waals surface area contributed by atoms with Gasteiger partial charge in [0.05, 0.1) is 11.4 Å². The molecular formula is C12H16N2O4. The summed E-state index contributed by atoms with van der Waals surface area (Å²) in [5.41, 5.74) is 1.52. The van der Waals surface area contributed by atoms with E-state index in [2.05, 4.69) is 5.32 Å². The van der Waals surface area contributed by atoms with Crippen LogP contribution in [0, 0.1) is 0 Å². The zero-order valence-electron chi connectivity index (χ0n) is 10.3. The number of carbonyl (C=O) groups is 2. The smallest absolute Gasteiger partial charge is 0.329 e. The maximum absolute atomic E-state index is 11.5. The van der Waals surface area contributed by atoms with Crippen LogP contribution in [0.1, 0.15) is 0 Å². The number of hydrogen-bond acceptors (Lipinski definition) is 4. The summed E-state index contributed by atoms with van der Waals surface area (Å²) in [5, 5.41) is 11.0. The van der Waals surface area contributed by atoms with Crippen molar-refractivity contribution in [2.75, 3.05) is 37.5 Å². The van der Waals surface area contributed by atoms with E-state index < -0.39 is 12.6 Å². The van der Waals surface area contributed by atoms with E-state index in [0.717, 1.165) is 5.69 Å². The topological polar surface area (TPSA) is 78.9 Å². The highest BCUT2D eigenvalue weighted by molar-refractivity contribution is 5.95. The molecule has 0 unspecified atom stereocenters. The lowest BCUT2D eigenvalue weighted by Crippen LogP contribution is -2.22. The van der Waals surface area contributed by atoms with Gasteiger partial charge in [0.15, 0.2) is 0 Å². The van der Waals surface area contributed by atoms with Gasteiger partial charge in [-0.2, -0.15) is 0 Å². The third-order valence-electron chi connectivity index (χ3n) is 2.12. The molecule has 0 spiro atoms. The lowest BCUT2D eigenvalue weighted by atomic mass is 10.2. The fraction of sp³-hybridized carbons (Fsp3) is 0.333. The third kappa shape index (κ3) is 4.42. The number of aliphatic carboxylic acids is 1. The molecule has 1 aromatic carbocycles. The summed E-state index contributed by atoms with van der Waals surface area (Å²) in [6.07, 6.45) is 0. The van der Waals surface area contributed by atoms with Gasteiger partial charge >= 0.3 is 5.97 Å². The van der Waals surface area contributed by atoms with Crippen LogP contribution in [0.4, 0.5) is 11.4 Å². The molecule has 0 aliphatic rings. The fourth-order valence-corrected chi connectivity index (χ4v) is 1.39. The molecule has 0 fully saturated rings. The molecule has 18 heavy (non-hydrogen) atoms. The van der Waals surface area contributed by atoms with Crippen molar-refractivity contribution in [2.24, 2.45) is 0 Å². The first-order chi connectivity index (χ1) is 8.50. The Kier molecular flexibility index (Phi) is 5.13. The van der Waals surface area contributed by atoms with Crippen LogP contribution in [-0.4, -0.2) is 44.3 Å². The summed E-state index contributed by atoms with van der Waals surface area (Å²) in [7, 11) is 3.73. The Labute approximate surface area is 105 Å². The second kappa shape index (κ2) is 6.61. The van der Waals surface area contributed by atoms with Gasteiger partial charge in [-0.15, -0.1) is 0 Å². The number of nitrogens with one attached hydrogen (secondary N) is 1. The van der Waals surface area contributed by atoms with E-state index in [1.54, 1.807) is 12.1 Å². The zero-order chi connectivity index (χ0) is 13.5. The number of rotatable bonds is 6. The quantitative estimate of drug-likeness (QED) is 0.782. The number of carbonyl (C=O) groups excluding carboxylic acids is 1. The van der Waals surface area contributed by atoms with Gasteiger partial charge < -0.3 is 20.1 Å². The van der Waals surface area contributed by atoms with Crippen molar-refractivity contribution >= 4 is 23.3 Å². The molecule has 1 amide bonds. The van der Waals surface area contributed by atoms with Gasteiger partial charge in [-0.3, -0.25) is 4.79 Å². The average Bonchev–Trinajstić information content (AvgIpc) is 2.28. The van der Waals surface area contributed by atoms with E-state index in [0.29, 0.717) is 5.69 Å². The predicted octanol–water partition coefficient (Wildman–Crippen LogP) is 0.792. The van der Waals surface area contributed by atoms with Crippen molar-refractivity contribution in [1.82, 2.24) is 0 Å². The molecule has 0 radical (unpaired) electrons. The lowest BCUT2D eigenvalue weighted by molar-refractivity contribution is -0.143. The summed E-state index contributed by atoms with van der Waals surface area (Å²) in [5.74, 6) is -1.48. The minimum Gasteiger partial charge on any atom is -0.480 e. The van der Waals surface area contributed by atoms with Crippen LogP contribution < -0.4 is 10.2 Å². The van der Waals surface area contributed by atoms with E-state index in [1.165, 1.54) is 0 Å². The summed E-state index contributed by atoms with van der Waals surface area (Å²) < 4.78 is 4.70. The number of ether oxygens (including phenoxy) is 1. The third-order valence-corrected chi connectivity index (χ3v) is 2.12. The van der Waals surface area contributed by atoms with Crippen molar-refractivity contribution in [3.63, 3.8) is 0 Å². The van der Waals surface area contributed by atoms with Crippen molar-refractivity contribution in [1.29, 1.82) is 0 Å². The van der Waals surface area contributed by atoms with Gasteiger partial charge in [-0.25, -0.2) is 4.79 Å². The second-order valence-corrected chi connectivity index (χ2v) is 3.85. The Hall–Kier alpha value is -2.08. The molecule has 6 heteroatoms. The number of amides is 1. The number of para-hydroxylation sites is 2. The zero-order valence-corrected chi connectivity index (χ0v) is 10.3. The van der Waals surface area contributed by atoms with Gasteiger partial charge in [0.25, 0.3) is 0 Å². The highest BCUT2D eigenvalue weighted by atomic mass is 16.5. The van der Waals surface area contributed by atoms with Gasteiger partial charge in [0.1, 0.15) is 13.2 Å². The van der Waals surface area contributed by atoms with Crippen molar-refractivity contribution < 1.29 is 19.4 Å². The van der Waals surface area contributed by atoms with Crippen molar-refractivity contribution in [2.45, 2.75) is 0 Å². The molecule has 0 atom stereocenters. The van der Waals surface area contributed by atoms with Crippen LogP contribution in [0.15, 0.2) is 24.3 Å². The Balaban J connectivity index is 2.56. The largest absolute Gasteiger partial charge is 0.480 e. The van der Waals surface area contributed by atoms with Crippen LogP contribution in [0.25, 0.3) is 0 Å². The highest BCUT2D eigenvalue weighted by Gasteiger charge is 2.08. The molecule has 0 saturated heterocycles. The number of carboxylic acid groups (broad SMARTS) is 1. The number of carboxylic acids is 1. The Morgan fingerprint density at radius 3 is 2.56 bits per heavy atom. The number of nitrogens with zero attached hydrogens (tertiary/aromatic N) is 1. The van der Waals surface area contributed by atoms with Crippen molar-refractivity contribution in [3.05, 3.63) is 24.3 Å². The van der Waals surface area contributed by atoms with E-state index in [4.69, 9.17) is 9.84 Å². The lowest BCUT2D eigenvalue weighted by Gasteiger charge is -2.17. The van der Waals surface area contributed by atoms with E-state index in [9.17, 15) is 9.59 Å². The Morgan fingerprint density at radius 2 is 1.94 bits per heavy atom. The van der Waals surface area contributed by atoms with Gasteiger partial charge in [-0.1, -0.05) is 12.1 Å². The first kappa shape index (κ1) is 14.0. The second-order valence-electron chi connectivity index (χ2n) is 3.85. The van der Waals surface area contributed by atoms with Gasteiger partial charge in [0, 0.05) is 14.1 Å². The Morgan fingerprint density at radius 1 is 1.28 bits per heavy atom. The normalized spacial score (nSPS) is 9.89. The molecule has 0 saturated carbocycles. The van der Waals surface area contributed by atoms with Gasteiger partial charge in [0.2, 0.25) is 5.91 Å². The average molecular weight is 252 g/mol. The first-order valence-electron chi connectivity index (χ1n) is 5.36. The van der Waals surface area contributed by atoms with Crippen LogP contribution in [0.2, 0.25) is 0 Å². The minimum atomic E-state index is -1.10. The number of hydrogen-bond donors (Lipinski definition) is 2. The molecule has 1 aromatic rings. The molecule has 0 aliphatic carbocycles. The molecular weight excluding hydrogens is 236 g/mol. The van der Waals surface area contributed by atoms with Gasteiger partial charge in [-0.05, 0) is 12.1 Å². The maximum atomic E-state index is 11.5. The van der Waals surface area contributed by atoms with Crippen LogP contribution in [0.3, 0.4) is 0 Å². The summed E-state index contributed by atoms with van der Waals surface area (Å²) in [4.78, 5) is 23.6. The van der Waals surface area contributed by atoms with E-state index in [-0.39, 0.29) is 12.5 Å². The number of anilines is 2. The maximum Gasteiger partial charge on any atom is 0.329 e. The molecule has 1 rings (SSSR count). The molecule has 2 N–H and O–H groups in total. The molecule has 0 aliphatic heterocycles. The molecule has 0 heterocycles. The standard InChI is InChI=1S/C12H16N2O4/c1-14(2)10-6-4-3-5-9(10)13-11(15)7-18-8-12(16)17/h3-6H,7-8H2,1-2H3,(H,13,15)(H,16,17). The van der Waals surface area contributed by atoms with Crippen molar-refractivity contribution in [3.8, 4) is 0 Å². The number of benzene rings is 1. The predicted molar refractivity (Wildman–Crippen MR) is 67.9 cm³/mol. The molecule has 6 nitrogen and oxygen atoms in total.